The second kappa shape index (κ2) is 5.19. The van der Waals surface area contributed by atoms with Crippen LogP contribution in [0.1, 0.15) is 24.0 Å². The van der Waals surface area contributed by atoms with Gasteiger partial charge in [-0.2, -0.15) is 0 Å². The molecule has 1 N–H and O–H groups in total. The number of aromatic nitrogens is 2. The quantitative estimate of drug-likeness (QED) is 0.897. The maximum Gasteiger partial charge on any atom is 0.155 e. The van der Waals surface area contributed by atoms with E-state index in [9.17, 15) is 0 Å². The third kappa shape index (κ3) is 2.53. The highest BCUT2D eigenvalue weighted by atomic mass is 35.5. The molecular formula is C12H18ClN3O. The Labute approximate surface area is 107 Å². The van der Waals surface area contributed by atoms with E-state index in [1.54, 1.807) is 0 Å². The van der Waals surface area contributed by atoms with E-state index >= 15 is 0 Å². The summed E-state index contributed by atoms with van der Waals surface area (Å²) in [6.45, 7) is 6.21. The summed E-state index contributed by atoms with van der Waals surface area (Å²) in [5.41, 5.74) is 2.11. The summed E-state index contributed by atoms with van der Waals surface area (Å²) in [7, 11) is 0. The molecule has 1 aromatic rings. The van der Waals surface area contributed by atoms with Crippen molar-refractivity contribution in [2.45, 2.75) is 26.7 Å². The third-order valence-corrected chi connectivity index (χ3v) is 3.92. The first-order valence-electron chi connectivity index (χ1n) is 5.98. The minimum atomic E-state index is 0.267. The predicted octanol–water partition coefficient (Wildman–Crippen LogP) is 1.96. The molecule has 2 rings (SSSR count). The van der Waals surface area contributed by atoms with Gasteiger partial charge >= 0.3 is 0 Å². The fourth-order valence-corrected chi connectivity index (χ4v) is 2.49. The molecule has 0 aromatic carbocycles. The lowest BCUT2D eigenvalue weighted by Gasteiger charge is -2.20. The summed E-state index contributed by atoms with van der Waals surface area (Å²) in [6.07, 6.45) is 1.99. The van der Waals surface area contributed by atoms with Gasteiger partial charge in [0.15, 0.2) is 11.0 Å². The van der Waals surface area contributed by atoms with Gasteiger partial charge in [-0.1, -0.05) is 11.6 Å². The first-order valence-corrected chi connectivity index (χ1v) is 6.36. The Hall–Kier alpha value is -0.870. The summed E-state index contributed by atoms with van der Waals surface area (Å²) in [4.78, 5) is 2.24. The molecule has 17 heavy (non-hydrogen) atoms. The molecule has 1 unspecified atom stereocenters. The molecule has 1 aromatic heterocycles. The molecule has 0 amide bonds. The molecule has 1 atom stereocenters. The zero-order valence-corrected chi connectivity index (χ0v) is 11.0. The smallest absolute Gasteiger partial charge is 0.155 e. The third-order valence-electron chi connectivity index (χ3n) is 3.56. The number of aliphatic hydroxyl groups is 1. The van der Waals surface area contributed by atoms with Gasteiger partial charge in [-0.15, -0.1) is 10.2 Å². The Morgan fingerprint density at radius 3 is 2.82 bits per heavy atom. The highest BCUT2D eigenvalue weighted by Gasteiger charge is 2.25. The van der Waals surface area contributed by atoms with Crippen LogP contribution < -0.4 is 4.90 Å². The van der Waals surface area contributed by atoms with E-state index in [2.05, 4.69) is 15.1 Å². The first-order chi connectivity index (χ1) is 8.13. The minimum Gasteiger partial charge on any atom is -0.396 e. The van der Waals surface area contributed by atoms with Crippen LogP contribution in [0.15, 0.2) is 0 Å². The summed E-state index contributed by atoms with van der Waals surface area (Å²) in [5, 5.41) is 17.6. The summed E-state index contributed by atoms with van der Waals surface area (Å²) in [6, 6.07) is 0. The van der Waals surface area contributed by atoms with Crippen LogP contribution in [-0.2, 0) is 0 Å². The average molecular weight is 256 g/mol. The van der Waals surface area contributed by atoms with Gasteiger partial charge in [0.2, 0.25) is 0 Å². The van der Waals surface area contributed by atoms with Gasteiger partial charge in [-0.05, 0) is 43.7 Å². The fourth-order valence-electron chi connectivity index (χ4n) is 2.31. The number of hydrogen-bond donors (Lipinski definition) is 1. The van der Waals surface area contributed by atoms with Crippen LogP contribution in [0.2, 0.25) is 5.15 Å². The van der Waals surface area contributed by atoms with Crippen molar-refractivity contribution in [3.8, 4) is 0 Å². The second-order valence-corrected chi connectivity index (χ2v) is 5.04. The van der Waals surface area contributed by atoms with Crippen molar-refractivity contribution in [1.29, 1.82) is 0 Å². The molecule has 5 heteroatoms. The SMILES string of the molecule is Cc1c(Cl)nnc(N2CCC(CCO)C2)c1C. The van der Waals surface area contributed by atoms with E-state index in [0.717, 1.165) is 42.9 Å². The van der Waals surface area contributed by atoms with E-state index in [4.69, 9.17) is 16.7 Å². The van der Waals surface area contributed by atoms with Crippen molar-refractivity contribution in [1.82, 2.24) is 10.2 Å². The lowest BCUT2D eigenvalue weighted by Crippen LogP contribution is -2.23. The zero-order chi connectivity index (χ0) is 12.4. The molecule has 2 heterocycles. The van der Waals surface area contributed by atoms with Crippen LogP contribution in [0.3, 0.4) is 0 Å². The van der Waals surface area contributed by atoms with Crippen molar-refractivity contribution in [2.75, 3.05) is 24.6 Å². The number of rotatable bonds is 3. The molecule has 1 saturated heterocycles. The predicted molar refractivity (Wildman–Crippen MR) is 68.5 cm³/mol. The van der Waals surface area contributed by atoms with E-state index in [0.29, 0.717) is 11.1 Å². The van der Waals surface area contributed by atoms with E-state index in [1.807, 2.05) is 13.8 Å². The monoisotopic (exact) mass is 255 g/mol. The van der Waals surface area contributed by atoms with Gasteiger partial charge in [0.25, 0.3) is 0 Å². The molecule has 0 radical (unpaired) electrons. The Bertz CT molecular complexity index is 411. The molecule has 1 fully saturated rings. The standard InChI is InChI=1S/C12H18ClN3O/c1-8-9(2)12(15-14-11(8)13)16-5-3-10(7-16)4-6-17/h10,17H,3-7H2,1-2H3. The van der Waals surface area contributed by atoms with Crippen LogP contribution in [0.5, 0.6) is 0 Å². The van der Waals surface area contributed by atoms with Gasteiger partial charge < -0.3 is 10.0 Å². The van der Waals surface area contributed by atoms with Crippen molar-refractivity contribution < 1.29 is 5.11 Å². The maximum atomic E-state index is 8.95. The summed E-state index contributed by atoms with van der Waals surface area (Å²) in [5.74, 6) is 1.50. The Kier molecular flexibility index (Phi) is 3.84. The van der Waals surface area contributed by atoms with E-state index < -0.39 is 0 Å². The fraction of sp³-hybridized carbons (Fsp3) is 0.667. The van der Waals surface area contributed by atoms with Gasteiger partial charge in [-0.25, -0.2) is 0 Å². The van der Waals surface area contributed by atoms with Gasteiger partial charge in [0.05, 0.1) is 0 Å². The number of hydrogen-bond acceptors (Lipinski definition) is 4. The molecular weight excluding hydrogens is 238 g/mol. The normalized spacial score (nSPS) is 20.0. The van der Waals surface area contributed by atoms with Gasteiger partial charge in [0.1, 0.15) is 0 Å². The number of halogens is 1. The van der Waals surface area contributed by atoms with Crippen molar-refractivity contribution in [3.05, 3.63) is 16.3 Å². The largest absolute Gasteiger partial charge is 0.396 e. The molecule has 94 valence electrons. The molecule has 1 aliphatic rings. The summed E-state index contributed by atoms with van der Waals surface area (Å²) >= 11 is 5.95. The molecule has 1 aliphatic heterocycles. The lowest BCUT2D eigenvalue weighted by molar-refractivity contribution is 0.263. The van der Waals surface area contributed by atoms with Crippen LogP contribution in [0, 0.1) is 19.8 Å². The molecule has 0 saturated carbocycles. The average Bonchev–Trinajstić information content (AvgIpc) is 2.75. The molecule has 0 spiro atoms. The molecule has 4 nitrogen and oxygen atoms in total. The highest BCUT2D eigenvalue weighted by Crippen LogP contribution is 2.29. The van der Waals surface area contributed by atoms with Gasteiger partial charge in [0, 0.05) is 19.7 Å². The van der Waals surface area contributed by atoms with Crippen LogP contribution in [0.25, 0.3) is 0 Å². The first kappa shape index (κ1) is 12.6. The Balaban J connectivity index is 2.16. The maximum absolute atomic E-state index is 8.95. The topological polar surface area (TPSA) is 49.2 Å². The number of aliphatic hydroxyl groups excluding tert-OH is 1. The van der Waals surface area contributed by atoms with E-state index in [1.165, 1.54) is 0 Å². The van der Waals surface area contributed by atoms with Crippen LogP contribution in [0.4, 0.5) is 5.82 Å². The Morgan fingerprint density at radius 1 is 1.35 bits per heavy atom. The van der Waals surface area contributed by atoms with Crippen molar-refractivity contribution >= 4 is 17.4 Å². The van der Waals surface area contributed by atoms with Crippen molar-refractivity contribution in [2.24, 2.45) is 5.92 Å². The van der Waals surface area contributed by atoms with Crippen molar-refractivity contribution in [3.63, 3.8) is 0 Å². The lowest BCUT2D eigenvalue weighted by atomic mass is 10.1. The Morgan fingerprint density at radius 2 is 2.12 bits per heavy atom. The van der Waals surface area contributed by atoms with Crippen LogP contribution in [-0.4, -0.2) is 35.0 Å². The second-order valence-electron chi connectivity index (χ2n) is 4.68. The summed E-state index contributed by atoms with van der Waals surface area (Å²) < 4.78 is 0. The minimum absolute atomic E-state index is 0.267. The molecule has 0 aliphatic carbocycles. The van der Waals surface area contributed by atoms with E-state index in [-0.39, 0.29) is 6.61 Å². The molecule has 0 bridgehead atoms. The highest BCUT2D eigenvalue weighted by molar-refractivity contribution is 6.30. The number of anilines is 1. The van der Waals surface area contributed by atoms with Crippen LogP contribution >= 0.6 is 11.6 Å². The number of nitrogens with zero attached hydrogens (tertiary/aromatic N) is 3. The van der Waals surface area contributed by atoms with Gasteiger partial charge in [-0.3, -0.25) is 0 Å². The zero-order valence-electron chi connectivity index (χ0n) is 10.3.